The zero-order chi connectivity index (χ0) is 15.9. The van der Waals surface area contributed by atoms with Crippen LogP contribution >= 0.6 is 11.8 Å². The maximum Gasteiger partial charge on any atom is 0.317 e. The first-order chi connectivity index (χ1) is 10.6. The molecule has 0 atom stereocenters. The molecular weight excluding hydrogens is 296 g/mol. The fourth-order valence-corrected chi connectivity index (χ4v) is 3.64. The Kier molecular flexibility index (Phi) is 6.73. The molecule has 1 aliphatic rings. The highest BCUT2D eigenvalue weighted by Crippen LogP contribution is 2.26. The summed E-state index contributed by atoms with van der Waals surface area (Å²) in [6.07, 6.45) is 2.09. The average molecular weight is 322 g/mol. The molecule has 1 aromatic carbocycles. The van der Waals surface area contributed by atoms with Gasteiger partial charge in [0.15, 0.2) is 0 Å². The summed E-state index contributed by atoms with van der Waals surface area (Å²) in [7, 11) is 0. The van der Waals surface area contributed by atoms with Crippen LogP contribution in [0.5, 0.6) is 0 Å². The summed E-state index contributed by atoms with van der Waals surface area (Å²) in [5, 5.41) is 12.5. The summed E-state index contributed by atoms with van der Waals surface area (Å²) >= 11 is 1.87. The van der Waals surface area contributed by atoms with E-state index in [4.69, 9.17) is 5.11 Å². The van der Waals surface area contributed by atoms with Crippen molar-refractivity contribution in [3.63, 3.8) is 0 Å². The smallest absolute Gasteiger partial charge is 0.317 e. The summed E-state index contributed by atoms with van der Waals surface area (Å²) in [6.45, 7) is 6.05. The molecule has 0 bridgehead atoms. The van der Waals surface area contributed by atoms with Crippen molar-refractivity contribution in [2.24, 2.45) is 0 Å². The van der Waals surface area contributed by atoms with Gasteiger partial charge in [-0.15, -0.1) is 11.8 Å². The molecule has 22 heavy (non-hydrogen) atoms. The van der Waals surface area contributed by atoms with E-state index in [1.165, 1.54) is 10.5 Å². The highest BCUT2D eigenvalue weighted by Gasteiger charge is 2.33. The molecule has 0 spiro atoms. The number of hydrogen-bond donors (Lipinski definition) is 2. The van der Waals surface area contributed by atoms with Gasteiger partial charge in [0.2, 0.25) is 0 Å². The minimum atomic E-state index is -0.733. The van der Waals surface area contributed by atoms with Gasteiger partial charge in [-0.1, -0.05) is 26.0 Å². The van der Waals surface area contributed by atoms with Gasteiger partial charge < -0.3 is 10.4 Å². The fraction of sp³-hybridized carbons (Fsp3) is 0.588. The Hall–Kier alpha value is -1.04. The van der Waals surface area contributed by atoms with Crippen LogP contribution in [0.1, 0.15) is 32.3 Å². The SMILES string of the molecule is CCSc1cccc(CNC2CC(N(CC)CC(=O)O)C2)c1. The second-order valence-corrected chi connectivity index (χ2v) is 7.08. The van der Waals surface area contributed by atoms with Crippen LogP contribution in [0.4, 0.5) is 0 Å². The third-order valence-corrected chi connectivity index (χ3v) is 5.05. The first kappa shape index (κ1) is 17.3. The number of likely N-dealkylation sites (N-methyl/N-ethyl adjacent to an activating group) is 1. The maximum absolute atomic E-state index is 10.8. The zero-order valence-corrected chi connectivity index (χ0v) is 14.2. The number of hydrogen-bond acceptors (Lipinski definition) is 4. The van der Waals surface area contributed by atoms with Crippen LogP contribution in [0.15, 0.2) is 29.2 Å². The third-order valence-electron chi connectivity index (χ3n) is 4.18. The molecule has 0 radical (unpaired) electrons. The fourth-order valence-electron chi connectivity index (χ4n) is 2.90. The molecule has 4 nitrogen and oxygen atoms in total. The lowest BCUT2D eigenvalue weighted by molar-refractivity contribution is -0.139. The van der Waals surface area contributed by atoms with Crippen molar-refractivity contribution < 1.29 is 9.90 Å². The Morgan fingerprint density at radius 1 is 1.41 bits per heavy atom. The van der Waals surface area contributed by atoms with Crippen molar-refractivity contribution in [3.8, 4) is 0 Å². The van der Waals surface area contributed by atoms with Gasteiger partial charge in [0.05, 0.1) is 6.54 Å². The van der Waals surface area contributed by atoms with Gasteiger partial charge in [0, 0.05) is 23.5 Å². The molecule has 0 aromatic heterocycles. The van der Waals surface area contributed by atoms with Crippen LogP contribution in [0.3, 0.4) is 0 Å². The molecule has 2 rings (SSSR count). The molecule has 1 aliphatic carbocycles. The van der Waals surface area contributed by atoms with E-state index in [0.29, 0.717) is 12.1 Å². The molecule has 1 saturated carbocycles. The van der Waals surface area contributed by atoms with Crippen LogP contribution < -0.4 is 5.32 Å². The number of benzene rings is 1. The van der Waals surface area contributed by atoms with Crippen LogP contribution in [-0.2, 0) is 11.3 Å². The van der Waals surface area contributed by atoms with Gasteiger partial charge in [0.25, 0.3) is 0 Å². The topological polar surface area (TPSA) is 52.6 Å². The molecule has 0 heterocycles. The largest absolute Gasteiger partial charge is 0.480 e. The molecule has 1 aromatic rings. The minimum absolute atomic E-state index is 0.157. The molecule has 0 amide bonds. The van der Waals surface area contributed by atoms with Crippen LogP contribution in [0, 0.1) is 0 Å². The van der Waals surface area contributed by atoms with Gasteiger partial charge in [0.1, 0.15) is 0 Å². The number of carboxylic acid groups (broad SMARTS) is 1. The summed E-state index contributed by atoms with van der Waals surface area (Å²) in [4.78, 5) is 14.2. The predicted octanol–water partition coefficient (Wildman–Crippen LogP) is 2.83. The molecule has 122 valence electrons. The number of thioether (sulfide) groups is 1. The Labute approximate surface area is 137 Å². The normalized spacial score (nSPS) is 20.9. The predicted molar refractivity (Wildman–Crippen MR) is 91.4 cm³/mol. The van der Waals surface area contributed by atoms with Crippen molar-refractivity contribution in [2.75, 3.05) is 18.8 Å². The van der Waals surface area contributed by atoms with Crippen molar-refractivity contribution in [1.29, 1.82) is 0 Å². The van der Waals surface area contributed by atoms with E-state index in [1.54, 1.807) is 0 Å². The van der Waals surface area contributed by atoms with Crippen LogP contribution in [-0.4, -0.2) is 46.9 Å². The molecule has 0 saturated heterocycles. The molecule has 1 fully saturated rings. The Balaban J connectivity index is 1.73. The lowest BCUT2D eigenvalue weighted by atomic mass is 9.85. The van der Waals surface area contributed by atoms with Gasteiger partial charge in [-0.25, -0.2) is 0 Å². The third kappa shape index (κ3) is 5.00. The van der Waals surface area contributed by atoms with Gasteiger partial charge in [-0.3, -0.25) is 9.69 Å². The Morgan fingerprint density at radius 2 is 2.18 bits per heavy atom. The first-order valence-electron chi connectivity index (χ1n) is 8.03. The highest BCUT2D eigenvalue weighted by atomic mass is 32.2. The van der Waals surface area contributed by atoms with Gasteiger partial charge >= 0.3 is 5.97 Å². The van der Waals surface area contributed by atoms with E-state index in [2.05, 4.69) is 41.4 Å². The summed E-state index contributed by atoms with van der Waals surface area (Å²) in [6, 6.07) is 9.61. The van der Waals surface area contributed by atoms with E-state index in [-0.39, 0.29) is 6.54 Å². The van der Waals surface area contributed by atoms with E-state index in [1.807, 2.05) is 18.7 Å². The Bertz CT molecular complexity index is 489. The number of rotatable bonds is 9. The number of carboxylic acids is 1. The standard InChI is InChI=1S/C17H26N2O2S/c1-3-19(12-17(20)21)15-9-14(10-15)18-11-13-6-5-7-16(8-13)22-4-2/h5-8,14-15,18H,3-4,9-12H2,1-2H3,(H,20,21). The van der Waals surface area contributed by atoms with Crippen molar-refractivity contribution in [3.05, 3.63) is 29.8 Å². The Morgan fingerprint density at radius 3 is 2.82 bits per heavy atom. The molecule has 2 N–H and O–H groups in total. The first-order valence-corrected chi connectivity index (χ1v) is 9.01. The van der Waals surface area contributed by atoms with Crippen molar-refractivity contribution in [2.45, 2.75) is 50.2 Å². The van der Waals surface area contributed by atoms with E-state index >= 15 is 0 Å². The molecular formula is C17H26N2O2S. The van der Waals surface area contributed by atoms with Gasteiger partial charge in [-0.2, -0.15) is 0 Å². The van der Waals surface area contributed by atoms with E-state index < -0.39 is 5.97 Å². The second kappa shape index (κ2) is 8.56. The summed E-state index contributed by atoms with van der Waals surface area (Å²) < 4.78 is 0. The monoisotopic (exact) mass is 322 g/mol. The quantitative estimate of drug-likeness (QED) is 0.685. The highest BCUT2D eigenvalue weighted by molar-refractivity contribution is 7.99. The average Bonchev–Trinajstić information content (AvgIpc) is 2.44. The van der Waals surface area contributed by atoms with Crippen molar-refractivity contribution in [1.82, 2.24) is 10.2 Å². The lowest BCUT2D eigenvalue weighted by Crippen LogP contribution is -2.53. The van der Waals surface area contributed by atoms with Crippen LogP contribution in [0.2, 0.25) is 0 Å². The summed E-state index contributed by atoms with van der Waals surface area (Å²) in [5.74, 6) is 0.362. The molecule has 0 aliphatic heterocycles. The zero-order valence-electron chi connectivity index (χ0n) is 13.4. The van der Waals surface area contributed by atoms with Crippen LogP contribution in [0.25, 0.3) is 0 Å². The van der Waals surface area contributed by atoms with Gasteiger partial charge in [-0.05, 0) is 42.8 Å². The maximum atomic E-state index is 10.8. The molecule has 5 heteroatoms. The molecule has 0 unspecified atom stereocenters. The summed E-state index contributed by atoms with van der Waals surface area (Å²) in [5.41, 5.74) is 1.32. The number of nitrogens with zero attached hydrogens (tertiary/aromatic N) is 1. The second-order valence-electron chi connectivity index (χ2n) is 5.74. The van der Waals surface area contributed by atoms with Crippen molar-refractivity contribution >= 4 is 17.7 Å². The number of carbonyl (C=O) groups is 1. The number of aliphatic carboxylic acids is 1. The van der Waals surface area contributed by atoms with E-state index in [9.17, 15) is 4.79 Å². The lowest BCUT2D eigenvalue weighted by Gasteiger charge is -2.42. The number of nitrogens with one attached hydrogen (secondary N) is 1. The van der Waals surface area contributed by atoms with E-state index in [0.717, 1.165) is 31.7 Å². The minimum Gasteiger partial charge on any atom is -0.480 e.